The van der Waals surface area contributed by atoms with Gasteiger partial charge in [-0.05, 0) is 94.7 Å². The van der Waals surface area contributed by atoms with E-state index >= 15 is 0 Å². The monoisotopic (exact) mass is 923 g/mol. The van der Waals surface area contributed by atoms with Gasteiger partial charge in [0.05, 0.1) is 22.8 Å². The number of rotatable bonds is 6. The molecule has 4 aromatic heterocycles. The van der Waals surface area contributed by atoms with Gasteiger partial charge in [0.1, 0.15) is 0 Å². The van der Waals surface area contributed by atoms with Crippen LogP contribution in [0.15, 0.2) is 84.9 Å². The van der Waals surface area contributed by atoms with Crippen molar-refractivity contribution in [3.8, 4) is 33.9 Å². The fourth-order valence-electron chi connectivity index (χ4n) is 5.70. The molecular formula is C41H38F6N6Pt. The molecule has 0 saturated carbocycles. The zero-order valence-corrected chi connectivity index (χ0v) is 33.1. The number of aromatic nitrogens is 6. The average molecular weight is 924 g/mol. The summed E-state index contributed by atoms with van der Waals surface area (Å²) in [7, 11) is 0. The van der Waals surface area contributed by atoms with Crippen molar-refractivity contribution < 1.29 is 47.4 Å². The average Bonchev–Trinajstić information content (AvgIpc) is 3.79. The van der Waals surface area contributed by atoms with Crippen molar-refractivity contribution in [3.05, 3.63) is 131 Å². The van der Waals surface area contributed by atoms with Gasteiger partial charge in [-0.25, -0.2) is 0 Å². The summed E-state index contributed by atoms with van der Waals surface area (Å²) in [6.07, 6.45) is -2.69. The molecule has 0 unspecified atom stereocenters. The standard InChI is InChI=1S/C41H38F6N6.Pt/c1-37(2,3)31-21-23-52(50-31)35-29(25-9-13-27(14-10-25)40(42,43)44)17-19-33(48-35)39(7,8)34-20-18-30(26-11-15-28(16-12-26)41(45,46)47)36(49-34)53-24-22-32(51-53)38(4,5)6;/h9-22H,1-8H3;/q-2;+2. The minimum atomic E-state index is -4.49. The molecule has 6 rings (SSSR count). The van der Waals surface area contributed by atoms with Crippen molar-refractivity contribution in [1.82, 2.24) is 29.5 Å². The molecule has 6 aromatic rings. The second kappa shape index (κ2) is 14.3. The molecule has 0 amide bonds. The Bertz CT molecular complexity index is 2090. The Hall–Kier alpha value is -4.57. The third-order valence-electron chi connectivity index (χ3n) is 9.08. The smallest absolute Gasteiger partial charge is 0.343 e. The molecule has 284 valence electrons. The van der Waals surface area contributed by atoms with Gasteiger partial charge in [0.25, 0.3) is 0 Å². The van der Waals surface area contributed by atoms with Gasteiger partial charge < -0.3 is 9.36 Å². The fraction of sp³-hybridized carbons (Fsp3) is 0.317. The molecule has 2 aromatic carbocycles. The van der Waals surface area contributed by atoms with Gasteiger partial charge in [0.15, 0.2) is 0 Å². The number of halogens is 6. The first-order valence-corrected chi connectivity index (χ1v) is 16.9. The summed E-state index contributed by atoms with van der Waals surface area (Å²) >= 11 is 0. The van der Waals surface area contributed by atoms with Crippen molar-refractivity contribution in [2.45, 2.75) is 84.0 Å². The van der Waals surface area contributed by atoms with Crippen LogP contribution in [0.25, 0.3) is 33.9 Å². The summed E-state index contributed by atoms with van der Waals surface area (Å²) in [6.45, 7) is 15.9. The van der Waals surface area contributed by atoms with Gasteiger partial charge in [-0.2, -0.15) is 26.3 Å². The van der Waals surface area contributed by atoms with E-state index in [2.05, 4.69) is 12.4 Å². The van der Waals surface area contributed by atoms with Crippen LogP contribution in [0.5, 0.6) is 0 Å². The Morgan fingerprint density at radius 1 is 0.463 bits per heavy atom. The molecule has 0 atom stereocenters. The SMILES string of the molecule is CC(C)(C)c1c[c-]n(-c2nc(C(C)(C)c3ccc(-c4ccc(C(F)(F)F)cc4)c(-n4[c-]cc(C(C)(C)C)n4)n3)ccc2-c2ccc(C(F)(F)F)cc2)n1.[Pt+2]. The molecule has 0 saturated heterocycles. The third-order valence-corrected chi connectivity index (χ3v) is 9.08. The van der Waals surface area contributed by atoms with Crippen LogP contribution < -0.4 is 0 Å². The van der Waals surface area contributed by atoms with Crippen LogP contribution in [0.1, 0.15) is 89.3 Å². The van der Waals surface area contributed by atoms with E-state index in [1.54, 1.807) is 36.4 Å². The van der Waals surface area contributed by atoms with Crippen molar-refractivity contribution in [2.75, 3.05) is 0 Å². The van der Waals surface area contributed by atoms with E-state index in [0.29, 0.717) is 45.3 Å². The molecule has 0 radical (unpaired) electrons. The predicted molar refractivity (Wildman–Crippen MR) is 191 cm³/mol. The molecule has 0 N–H and O–H groups in total. The first-order valence-electron chi connectivity index (χ1n) is 16.9. The Balaban J connectivity index is 0.00000561. The van der Waals surface area contributed by atoms with E-state index in [1.807, 2.05) is 55.4 Å². The van der Waals surface area contributed by atoms with E-state index in [-0.39, 0.29) is 31.9 Å². The maximum atomic E-state index is 13.4. The van der Waals surface area contributed by atoms with Crippen molar-refractivity contribution in [2.24, 2.45) is 0 Å². The van der Waals surface area contributed by atoms with Gasteiger partial charge in [-0.1, -0.05) is 90.3 Å². The van der Waals surface area contributed by atoms with E-state index in [4.69, 9.17) is 20.2 Å². The molecule has 0 fully saturated rings. The van der Waals surface area contributed by atoms with Crippen LogP contribution in [-0.4, -0.2) is 29.5 Å². The molecule has 6 nitrogen and oxygen atoms in total. The number of benzene rings is 2. The minimum Gasteiger partial charge on any atom is -0.343 e. The maximum absolute atomic E-state index is 13.4. The number of pyridine rings is 2. The van der Waals surface area contributed by atoms with Crippen molar-refractivity contribution in [1.29, 1.82) is 0 Å². The summed E-state index contributed by atoms with van der Waals surface area (Å²) in [6, 6.07) is 20.5. The molecule has 0 bridgehead atoms. The molecule has 0 aliphatic rings. The van der Waals surface area contributed by atoms with Crippen molar-refractivity contribution in [3.63, 3.8) is 0 Å². The predicted octanol–water partition coefficient (Wildman–Crippen LogP) is 10.7. The number of alkyl halides is 6. The molecule has 54 heavy (non-hydrogen) atoms. The van der Waals surface area contributed by atoms with E-state index in [9.17, 15) is 26.3 Å². The summed E-state index contributed by atoms with van der Waals surface area (Å²) in [5, 5.41) is 9.50. The molecule has 13 heteroatoms. The van der Waals surface area contributed by atoms with Gasteiger partial charge in [-0.15, -0.1) is 12.1 Å². The Labute approximate surface area is 324 Å². The third kappa shape index (κ3) is 8.23. The number of hydrogen-bond acceptors (Lipinski definition) is 4. The number of hydrogen-bond donors (Lipinski definition) is 0. The topological polar surface area (TPSA) is 61.4 Å². The van der Waals surface area contributed by atoms with Crippen LogP contribution in [-0.2, 0) is 49.7 Å². The minimum absolute atomic E-state index is 0. The molecule has 4 heterocycles. The van der Waals surface area contributed by atoms with Gasteiger partial charge in [0, 0.05) is 16.8 Å². The molecule has 0 aliphatic carbocycles. The van der Waals surface area contributed by atoms with E-state index in [0.717, 1.165) is 35.7 Å². The van der Waals surface area contributed by atoms with Crippen LogP contribution in [0.2, 0.25) is 0 Å². The molecular weight excluding hydrogens is 886 g/mol. The first-order chi connectivity index (χ1) is 24.5. The van der Waals surface area contributed by atoms with Crippen LogP contribution in [0.3, 0.4) is 0 Å². The molecule has 0 spiro atoms. The van der Waals surface area contributed by atoms with Crippen LogP contribution >= 0.6 is 0 Å². The summed E-state index contributed by atoms with van der Waals surface area (Å²) < 4.78 is 83.5. The van der Waals surface area contributed by atoms with Gasteiger partial charge in [-0.3, -0.25) is 20.2 Å². The van der Waals surface area contributed by atoms with Crippen LogP contribution in [0, 0.1) is 12.4 Å². The largest absolute Gasteiger partial charge is 2.00 e. The Morgan fingerprint density at radius 2 is 0.796 bits per heavy atom. The quantitative estimate of drug-likeness (QED) is 0.123. The Morgan fingerprint density at radius 3 is 1.07 bits per heavy atom. The van der Waals surface area contributed by atoms with Gasteiger partial charge >= 0.3 is 33.4 Å². The summed E-state index contributed by atoms with van der Waals surface area (Å²) in [5.74, 6) is 0.727. The zero-order valence-electron chi connectivity index (χ0n) is 30.9. The fourth-order valence-corrected chi connectivity index (χ4v) is 5.70. The molecule has 0 aliphatic heterocycles. The first kappa shape index (κ1) is 40.6. The van der Waals surface area contributed by atoms with Crippen LogP contribution in [0.4, 0.5) is 26.3 Å². The Kier molecular flexibility index (Phi) is 10.7. The maximum Gasteiger partial charge on any atom is 2.00 e. The zero-order chi connectivity index (χ0) is 38.7. The normalized spacial score (nSPS) is 12.9. The second-order valence-electron chi connectivity index (χ2n) is 15.6. The van der Waals surface area contributed by atoms with Crippen molar-refractivity contribution >= 4 is 0 Å². The summed E-state index contributed by atoms with van der Waals surface area (Å²) in [5.41, 5.74) is 1.74. The number of nitrogens with zero attached hydrogens (tertiary/aromatic N) is 6. The summed E-state index contributed by atoms with van der Waals surface area (Å²) in [4.78, 5) is 10.1. The van der Waals surface area contributed by atoms with E-state index in [1.165, 1.54) is 33.6 Å². The van der Waals surface area contributed by atoms with Gasteiger partial charge in [0.2, 0.25) is 0 Å². The van der Waals surface area contributed by atoms with E-state index < -0.39 is 28.9 Å². The second-order valence-corrected chi connectivity index (χ2v) is 15.6.